The third kappa shape index (κ3) is 5.67. The van der Waals surface area contributed by atoms with Crippen molar-refractivity contribution >= 4 is 78.1 Å². The molecule has 4 aromatic heterocycles. The number of hydrogen-bond acceptors (Lipinski definition) is 16. The summed E-state index contributed by atoms with van der Waals surface area (Å²) >= 11 is 9.11. The van der Waals surface area contributed by atoms with Gasteiger partial charge in [-0.1, -0.05) is 24.5 Å². The van der Waals surface area contributed by atoms with Gasteiger partial charge in [-0.25, -0.2) is 28.5 Å². The molecule has 0 unspecified atom stereocenters. The van der Waals surface area contributed by atoms with Crippen LogP contribution in [0, 0.1) is 0 Å². The normalized spacial score (nSPS) is 37.7. The first-order valence-corrected chi connectivity index (χ1v) is 19.2. The molecule has 25 heteroatoms. The molecule has 0 aliphatic carbocycles. The van der Waals surface area contributed by atoms with Crippen molar-refractivity contribution in [2.24, 2.45) is 0 Å². The molecule has 0 spiro atoms. The number of ether oxygens (including phenoxy) is 1. The summed E-state index contributed by atoms with van der Waals surface area (Å²) in [6.07, 6.45) is -5.87. The number of imidazole rings is 2. The number of nitrogen functional groups attached to an aromatic ring is 1. The Balaban J connectivity index is 1.21. The predicted octanol–water partition coefficient (Wildman–Crippen LogP) is 0.938. The number of fused-ring (bicyclic) bond motifs is 5. The van der Waals surface area contributed by atoms with E-state index in [9.17, 15) is 23.8 Å². The highest BCUT2D eigenvalue weighted by molar-refractivity contribution is 8.44. The summed E-state index contributed by atoms with van der Waals surface area (Å²) in [5, 5.41) is 9.34. The molecule has 3 saturated heterocycles. The maximum atomic E-state index is 16.0. The number of aliphatic hydroxyl groups is 1. The van der Waals surface area contributed by atoms with Crippen molar-refractivity contribution in [2.45, 2.75) is 47.4 Å². The third-order valence-corrected chi connectivity index (χ3v) is 12.0. The number of aromatic amines is 2. The molecule has 19 nitrogen and oxygen atoms in total. The summed E-state index contributed by atoms with van der Waals surface area (Å²) in [5.41, 5.74) is 4.43. The Kier molecular flexibility index (Phi) is 7.96. The van der Waals surface area contributed by atoms with E-state index < -0.39 is 85.4 Å². The first kappa shape index (κ1) is 31.3. The van der Waals surface area contributed by atoms with E-state index in [1.165, 1.54) is 10.9 Å². The van der Waals surface area contributed by atoms with Crippen LogP contribution in [0.4, 0.5) is 10.3 Å². The molecule has 3 aliphatic rings. The van der Waals surface area contributed by atoms with Crippen LogP contribution >= 0.6 is 49.9 Å². The molecule has 7 rings (SSSR count). The van der Waals surface area contributed by atoms with E-state index in [1.807, 2.05) is 0 Å². The molecule has 3 fully saturated rings. The standard InChI is InChI=1S/C20H22FN9O10P2S3/c21-8-12-6(38-18(8)29-4-25-9-14(29)23-3-24-16(9)32)1-36-41(34,43)40-13-11(31)7(2-37-42(35,44)39-12)45-19(13)30-5-26-10-15(30)27-20(22)28-17(10)33/h3-8,11-13,18-19,31H,1-2H2,(H,34,43)(H,35,44)(H,23,24,32)(H3,22,27,28,33)/t6-,7-,8+,11-,12-,13-,18-,19-,41-,42-/m1/s1. The number of thiol groups is 2. The zero-order chi connectivity index (χ0) is 31.8. The lowest BCUT2D eigenvalue weighted by molar-refractivity contribution is -0.0427. The van der Waals surface area contributed by atoms with Crippen molar-refractivity contribution in [3.05, 3.63) is 39.7 Å². The van der Waals surface area contributed by atoms with Crippen LogP contribution < -0.4 is 16.9 Å². The van der Waals surface area contributed by atoms with Crippen molar-refractivity contribution < 1.29 is 41.5 Å². The van der Waals surface area contributed by atoms with Crippen LogP contribution in [0.25, 0.3) is 22.3 Å². The van der Waals surface area contributed by atoms with Crippen molar-refractivity contribution in [3.63, 3.8) is 0 Å². The van der Waals surface area contributed by atoms with E-state index in [4.69, 9.17) is 28.6 Å². The van der Waals surface area contributed by atoms with Crippen LogP contribution in [0.5, 0.6) is 0 Å². The molecule has 7 heterocycles. The Hall–Kier alpha value is -2.30. The second kappa shape index (κ2) is 11.4. The largest absolute Gasteiger partial charge is 0.389 e. The van der Waals surface area contributed by atoms with Gasteiger partial charge >= 0.3 is 13.6 Å². The van der Waals surface area contributed by atoms with Crippen molar-refractivity contribution in [2.75, 3.05) is 18.9 Å². The smallest absolute Gasteiger partial charge is 0.386 e. The van der Waals surface area contributed by atoms with Crippen LogP contribution in [0.15, 0.2) is 28.6 Å². The molecule has 3 aliphatic heterocycles. The first-order valence-electron chi connectivity index (χ1n) is 12.9. The van der Waals surface area contributed by atoms with E-state index in [-0.39, 0.29) is 28.3 Å². The van der Waals surface area contributed by atoms with Gasteiger partial charge in [0, 0.05) is 0 Å². The Morgan fingerprint density at radius 3 is 2.42 bits per heavy atom. The van der Waals surface area contributed by atoms with E-state index >= 15 is 4.39 Å². The minimum Gasteiger partial charge on any atom is -0.389 e. The van der Waals surface area contributed by atoms with E-state index in [1.54, 1.807) is 0 Å². The fourth-order valence-electron chi connectivity index (χ4n) is 5.25. The molecule has 0 saturated carbocycles. The molecule has 45 heavy (non-hydrogen) atoms. The number of hydrogen-bond donors (Lipinski definition) is 6. The first-order chi connectivity index (χ1) is 21.3. The zero-order valence-electron chi connectivity index (χ0n) is 22.2. The van der Waals surface area contributed by atoms with Crippen LogP contribution in [0.2, 0.25) is 0 Å². The topological polar surface area (TPSA) is 254 Å². The molecule has 0 aromatic carbocycles. The number of anilines is 1. The number of halogens is 1. The maximum Gasteiger partial charge on any atom is 0.386 e. The van der Waals surface area contributed by atoms with Gasteiger partial charge in [-0.3, -0.25) is 41.8 Å². The lowest BCUT2D eigenvalue weighted by atomic mass is 10.1. The minimum absolute atomic E-state index is 0.00600. The molecule has 0 amide bonds. The van der Waals surface area contributed by atoms with Crippen molar-refractivity contribution in [1.29, 1.82) is 0 Å². The number of aliphatic hydroxyl groups excluding tert-OH is 1. The quantitative estimate of drug-likeness (QED) is 0.124. The number of aromatic nitrogens is 8. The van der Waals surface area contributed by atoms with Gasteiger partial charge in [0.15, 0.2) is 34.7 Å². The van der Waals surface area contributed by atoms with Gasteiger partial charge < -0.3 is 20.6 Å². The number of nitrogens with zero attached hydrogens (tertiary/aromatic N) is 6. The predicted molar refractivity (Wildman–Crippen MR) is 161 cm³/mol. The summed E-state index contributed by atoms with van der Waals surface area (Å²) in [5.74, 6) is -0.199. The van der Waals surface area contributed by atoms with Crippen LogP contribution in [-0.2, 0) is 32.0 Å². The van der Waals surface area contributed by atoms with E-state index in [0.717, 1.165) is 29.0 Å². The van der Waals surface area contributed by atoms with Gasteiger partial charge in [-0.2, -0.15) is 4.98 Å². The summed E-state index contributed by atoms with van der Waals surface area (Å²) in [4.78, 5) is 45.3. The summed E-state index contributed by atoms with van der Waals surface area (Å²) < 4.78 is 73.4. The number of H-pyrrole nitrogens is 2. The third-order valence-electron chi connectivity index (χ3n) is 7.26. The molecule has 5 N–H and O–H groups in total. The summed E-state index contributed by atoms with van der Waals surface area (Å²) in [7, 11) is 0. The Morgan fingerprint density at radius 2 is 1.67 bits per heavy atom. The number of thioether (sulfide) groups is 1. The average Bonchev–Trinajstić information content (AvgIpc) is 3.72. The zero-order valence-corrected chi connectivity index (χ0v) is 26.6. The summed E-state index contributed by atoms with van der Waals surface area (Å²) in [6, 6.07) is 0. The molecular formula is C20H22FN9O10P2S3. The lowest BCUT2D eigenvalue weighted by Gasteiger charge is -2.26. The Labute approximate surface area is 264 Å². The molecule has 242 valence electrons. The molecule has 4 aromatic rings. The Bertz CT molecular complexity index is 2010. The molecule has 2 bridgehead atoms. The highest BCUT2D eigenvalue weighted by Crippen LogP contribution is 2.62. The lowest BCUT2D eigenvalue weighted by Crippen LogP contribution is -2.35. The van der Waals surface area contributed by atoms with Gasteiger partial charge in [0.2, 0.25) is 5.95 Å². The second-order valence-corrected chi connectivity index (χ2v) is 17.2. The number of alkyl halides is 1. The average molecular weight is 726 g/mol. The van der Waals surface area contributed by atoms with Gasteiger partial charge in [-0.05, 0) is 0 Å². The molecular weight excluding hydrogens is 703 g/mol. The van der Waals surface area contributed by atoms with Gasteiger partial charge in [0.1, 0.15) is 23.7 Å². The molecule has 10 atom stereocenters. The SMILES string of the molecule is Nc1nc2c(ncn2[C@@H]2S[C@@H]3CO[P@@](=O)(S)O[C@H]4[C@H](F)[C@H](n5cnc6c(=O)[nH]cnc65)O[C@@H]4CO[P@@](=O)(S)O[C@@H]2[C@@H]3O)c(=O)[nH]1. The number of nitrogens with two attached hydrogens (primary N) is 1. The van der Waals surface area contributed by atoms with Gasteiger partial charge in [0.25, 0.3) is 11.1 Å². The van der Waals surface area contributed by atoms with Crippen LogP contribution in [-0.4, -0.2) is 93.2 Å². The van der Waals surface area contributed by atoms with E-state index in [0.29, 0.717) is 0 Å². The van der Waals surface area contributed by atoms with Crippen LogP contribution in [0.1, 0.15) is 11.6 Å². The van der Waals surface area contributed by atoms with Crippen LogP contribution in [0.3, 0.4) is 0 Å². The summed E-state index contributed by atoms with van der Waals surface area (Å²) in [6.45, 7) is -9.86. The highest BCUT2D eigenvalue weighted by Gasteiger charge is 2.53. The minimum atomic E-state index is -4.37. The Morgan fingerprint density at radius 1 is 1.00 bits per heavy atom. The van der Waals surface area contributed by atoms with E-state index in [2.05, 4.69) is 54.4 Å². The highest BCUT2D eigenvalue weighted by atomic mass is 32.7. The van der Waals surface area contributed by atoms with Crippen molar-refractivity contribution in [3.8, 4) is 0 Å². The van der Waals surface area contributed by atoms with Gasteiger partial charge in [0.05, 0.1) is 43.5 Å². The van der Waals surface area contributed by atoms with Gasteiger partial charge in [-0.15, -0.1) is 11.8 Å². The number of nitrogens with one attached hydrogen (secondary N) is 2. The number of rotatable bonds is 2. The second-order valence-electron chi connectivity index (χ2n) is 10.1. The monoisotopic (exact) mass is 725 g/mol. The fraction of sp³-hybridized carbons (Fsp3) is 0.500. The van der Waals surface area contributed by atoms with Crippen molar-refractivity contribution in [1.82, 2.24) is 39.0 Å². The maximum absolute atomic E-state index is 16.0. The fourth-order valence-corrected chi connectivity index (χ4v) is 9.88. The molecule has 0 radical (unpaired) electrons.